The van der Waals surface area contributed by atoms with Gasteiger partial charge in [-0.2, -0.15) is 0 Å². The molecule has 0 saturated heterocycles. The number of aromatic nitrogens is 1. The van der Waals surface area contributed by atoms with E-state index in [-0.39, 0.29) is 0 Å². The zero-order valence-electron chi connectivity index (χ0n) is 11.9. The monoisotopic (exact) mass is 255 g/mol. The molecule has 0 fully saturated rings. The number of aryl methyl sites for hydroxylation is 2. The van der Waals surface area contributed by atoms with Crippen LogP contribution in [0.25, 0.3) is 11.3 Å². The zero-order chi connectivity index (χ0) is 13.3. The van der Waals surface area contributed by atoms with E-state index < -0.39 is 8.07 Å². The van der Waals surface area contributed by atoms with Gasteiger partial charge in [0.1, 0.15) is 8.07 Å². The van der Waals surface area contributed by atoms with Crippen LogP contribution in [0.1, 0.15) is 11.1 Å². The molecule has 0 aliphatic carbocycles. The van der Waals surface area contributed by atoms with E-state index in [2.05, 4.69) is 69.9 Å². The van der Waals surface area contributed by atoms with E-state index in [1.807, 2.05) is 0 Å². The van der Waals surface area contributed by atoms with Gasteiger partial charge in [-0.3, -0.25) is 4.98 Å². The predicted octanol–water partition coefficient (Wildman–Crippen LogP) is 3.91. The van der Waals surface area contributed by atoms with Crippen molar-refractivity contribution in [2.24, 2.45) is 0 Å². The molecule has 0 amide bonds. The quantitative estimate of drug-likeness (QED) is 0.741. The SMILES string of the molecule is Cc1cc(C)cc(-c2cccc([Si](C)(C)C)n2)c1. The maximum atomic E-state index is 4.86. The maximum Gasteiger partial charge on any atom is 0.101 e. The van der Waals surface area contributed by atoms with Gasteiger partial charge in [0, 0.05) is 10.9 Å². The normalized spacial score (nSPS) is 11.6. The molecule has 2 rings (SSSR count). The molecule has 0 radical (unpaired) electrons. The van der Waals surface area contributed by atoms with Crippen LogP contribution in [-0.4, -0.2) is 13.1 Å². The molecule has 0 spiro atoms. The van der Waals surface area contributed by atoms with Gasteiger partial charge in [0.15, 0.2) is 0 Å². The Kier molecular flexibility index (Phi) is 3.40. The second kappa shape index (κ2) is 4.69. The van der Waals surface area contributed by atoms with Gasteiger partial charge in [-0.1, -0.05) is 42.9 Å². The minimum absolute atomic E-state index is 1.10. The first-order valence-electron chi connectivity index (χ1n) is 6.42. The average Bonchev–Trinajstić information content (AvgIpc) is 2.27. The summed E-state index contributed by atoms with van der Waals surface area (Å²) in [4.78, 5) is 4.86. The van der Waals surface area contributed by atoms with E-state index in [1.165, 1.54) is 22.0 Å². The molecule has 2 aromatic rings. The highest BCUT2D eigenvalue weighted by Crippen LogP contribution is 2.19. The topological polar surface area (TPSA) is 12.9 Å². The van der Waals surface area contributed by atoms with Gasteiger partial charge in [0.25, 0.3) is 0 Å². The molecule has 0 aliphatic rings. The minimum Gasteiger partial charge on any atom is -0.258 e. The van der Waals surface area contributed by atoms with Crippen LogP contribution < -0.4 is 5.32 Å². The Hall–Kier alpha value is -1.41. The molecule has 2 heteroatoms. The van der Waals surface area contributed by atoms with E-state index in [1.54, 1.807) is 0 Å². The summed E-state index contributed by atoms with van der Waals surface area (Å²) in [6, 6.07) is 13.0. The number of nitrogens with zero attached hydrogens (tertiary/aromatic N) is 1. The molecule has 0 aliphatic heterocycles. The standard InChI is InChI=1S/C16H21NSi/c1-12-9-13(2)11-14(10-12)15-7-6-8-16(17-15)18(3,4)5/h6-11H,1-5H3. The summed E-state index contributed by atoms with van der Waals surface area (Å²) in [5.41, 5.74) is 4.92. The van der Waals surface area contributed by atoms with Crippen molar-refractivity contribution >= 4 is 13.4 Å². The zero-order valence-corrected chi connectivity index (χ0v) is 12.9. The van der Waals surface area contributed by atoms with Crippen molar-refractivity contribution in [3.8, 4) is 11.3 Å². The van der Waals surface area contributed by atoms with Crippen molar-refractivity contribution in [3.05, 3.63) is 47.5 Å². The lowest BCUT2D eigenvalue weighted by Crippen LogP contribution is -2.39. The summed E-state index contributed by atoms with van der Waals surface area (Å²) < 4.78 is 0. The molecule has 94 valence electrons. The van der Waals surface area contributed by atoms with Gasteiger partial charge >= 0.3 is 0 Å². The molecule has 0 unspecified atom stereocenters. The molecule has 18 heavy (non-hydrogen) atoms. The van der Waals surface area contributed by atoms with Crippen LogP contribution >= 0.6 is 0 Å². The Bertz CT molecular complexity index is 547. The van der Waals surface area contributed by atoms with Crippen LogP contribution in [-0.2, 0) is 0 Å². The Balaban J connectivity index is 2.51. The third kappa shape index (κ3) is 2.88. The summed E-state index contributed by atoms with van der Waals surface area (Å²) in [6.45, 7) is 11.3. The number of pyridine rings is 1. The first-order chi connectivity index (χ1) is 8.36. The molecule has 0 N–H and O–H groups in total. The third-order valence-corrected chi connectivity index (χ3v) is 4.85. The number of hydrogen-bond acceptors (Lipinski definition) is 1. The lowest BCUT2D eigenvalue weighted by Gasteiger charge is -2.16. The highest BCUT2D eigenvalue weighted by atomic mass is 28.3. The van der Waals surface area contributed by atoms with Gasteiger partial charge in [-0.15, -0.1) is 0 Å². The second-order valence-electron chi connectivity index (χ2n) is 6.03. The molecule has 0 atom stereocenters. The van der Waals surface area contributed by atoms with E-state index in [4.69, 9.17) is 4.98 Å². The number of rotatable bonds is 2. The van der Waals surface area contributed by atoms with Crippen LogP contribution in [0.4, 0.5) is 0 Å². The first-order valence-corrected chi connectivity index (χ1v) is 9.92. The fourth-order valence-corrected chi connectivity index (χ4v) is 3.19. The van der Waals surface area contributed by atoms with Crippen molar-refractivity contribution in [1.29, 1.82) is 0 Å². The molecule has 1 heterocycles. The fraction of sp³-hybridized carbons (Fsp3) is 0.312. The molecule has 0 bridgehead atoms. The highest BCUT2D eigenvalue weighted by Gasteiger charge is 2.18. The smallest absolute Gasteiger partial charge is 0.101 e. The van der Waals surface area contributed by atoms with Gasteiger partial charge in [-0.05, 0) is 38.1 Å². The number of hydrogen-bond donors (Lipinski definition) is 0. The van der Waals surface area contributed by atoms with Gasteiger partial charge in [0.2, 0.25) is 0 Å². The van der Waals surface area contributed by atoms with Crippen LogP contribution in [0.2, 0.25) is 19.6 Å². The highest BCUT2D eigenvalue weighted by molar-refractivity contribution is 6.88. The van der Waals surface area contributed by atoms with E-state index in [0.29, 0.717) is 0 Å². The molecular formula is C16H21NSi. The lowest BCUT2D eigenvalue weighted by atomic mass is 10.0. The molecule has 1 aromatic heterocycles. The summed E-state index contributed by atoms with van der Waals surface area (Å²) in [5.74, 6) is 0. The maximum absolute atomic E-state index is 4.86. The summed E-state index contributed by atoms with van der Waals surface area (Å²) in [7, 11) is -1.34. The van der Waals surface area contributed by atoms with Crippen molar-refractivity contribution < 1.29 is 0 Å². The van der Waals surface area contributed by atoms with Crippen LogP contribution in [0.3, 0.4) is 0 Å². The summed E-state index contributed by atoms with van der Waals surface area (Å²) >= 11 is 0. The van der Waals surface area contributed by atoms with Crippen LogP contribution in [0.5, 0.6) is 0 Å². The Morgan fingerprint density at radius 1 is 0.889 bits per heavy atom. The van der Waals surface area contributed by atoms with Crippen molar-refractivity contribution in [2.45, 2.75) is 33.5 Å². The lowest BCUT2D eigenvalue weighted by molar-refractivity contribution is 1.32. The predicted molar refractivity (Wildman–Crippen MR) is 82.1 cm³/mol. The Morgan fingerprint density at radius 2 is 1.50 bits per heavy atom. The molecular weight excluding hydrogens is 234 g/mol. The van der Waals surface area contributed by atoms with E-state index in [9.17, 15) is 0 Å². The van der Waals surface area contributed by atoms with Gasteiger partial charge < -0.3 is 0 Å². The van der Waals surface area contributed by atoms with Gasteiger partial charge in [0.05, 0.1) is 5.69 Å². The van der Waals surface area contributed by atoms with Crippen molar-refractivity contribution in [1.82, 2.24) is 4.98 Å². The van der Waals surface area contributed by atoms with E-state index >= 15 is 0 Å². The minimum atomic E-state index is -1.34. The number of benzene rings is 1. The second-order valence-corrected chi connectivity index (χ2v) is 11.0. The van der Waals surface area contributed by atoms with Crippen molar-refractivity contribution in [2.75, 3.05) is 0 Å². The van der Waals surface area contributed by atoms with Crippen LogP contribution in [0, 0.1) is 13.8 Å². The van der Waals surface area contributed by atoms with Crippen LogP contribution in [0.15, 0.2) is 36.4 Å². The summed E-state index contributed by atoms with van der Waals surface area (Å²) in [6.07, 6.45) is 0. The van der Waals surface area contributed by atoms with E-state index in [0.717, 1.165) is 5.69 Å². The largest absolute Gasteiger partial charge is 0.258 e. The molecule has 1 nitrogen and oxygen atoms in total. The Morgan fingerprint density at radius 3 is 2.06 bits per heavy atom. The Labute approximate surface area is 111 Å². The fourth-order valence-electron chi connectivity index (χ4n) is 2.14. The molecule has 1 aromatic carbocycles. The summed E-state index contributed by atoms with van der Waals surface area (Å²) in [5, 5.41) is 1.28. The average molecular weight is 255 g/mol. The first kappa shape index (κ1) is 13.0. The van der Waals surface area contributed by atoms with Crippen molar-refractivity contribution in [3.63, 3.8) is 0 Å². The van der Waals surface area contributed by atoms with Gasteiger partial charge in [-0.25, -0.2) is 0 Å². The molecule has 0 saturated carbocycles. The third-order valence-electron chi connectivity index (χ3n) is 3.03.